The van der Waals surface area contributed by atoms with Crippen LogP contribution in [0.4, 0.5) is 6.01 Å². The van der Waals surface area contributed by atoms with Crippen molar-refractivity contribution < 1.29 is 9.21 Å². The van der Waals surface area contributed by atoms with Gasteiger partial charge < -0.3 is 4.42 Å². The number of carbonyl (C=O) groups excluding carboxylic acids is 1. The lowest BCUT2D eigenvalue weighted by molar-refractivity contribution is 0.101. The second-order valence-electron chi connectivity index (χ2n) is 5.94. The molecule has 0 aliphatic carbocycles. The predicted molar refractivity (Wildman–Crippen MR) is 89.8 cm³/mol. The number of carbonyl (C=O) groups is 1. The standard InChI is InChI=1S/C17H19N5O2/c1-10(2)22-12(4)9-14(21-22)15(23)18-17-20-19-16(24-17)13-7-5-11(3)6-8-13/h5-10H,1-4H3,(H,18,20,23). The molecule has 0 saturated heterocycles. The first-order chi connectivity index (χ1) is 11.4. The van der Waals surface area contributed by atoms with Crippen molar-refractivity contribution in [2.75, 3.05) is 5.32 Å². The fourth-order valence-corrected chi connectivity index (χ4v) is 2.37. The summed E-state index contributed by atoms with van der Waals surface area (Å²) in [6.07, 6.45) is 0. The van der Waals surface area contributed by atoms with E-state index in [1.165, 1.54) is 0 Å². The summed E-state index contributed by atoms with van der Waals surface area (Å²) >= 11 is 0. The van der Waals surface area contributed by atoms with Crippen LogP contribution in [-0.4, -0.2) is 25.9 Å². The average molecular weight is 325 g/mol. The number of hydrogen-bond donors (Lipinski definition) is 1. The van der Waals surface area contributed by atoms with Crippen LogP contribution in [0.1, 0.15) is 41.6 Å². The van der Waals surface area contributed by atoms with Crippen molar-refractivity contribution >= 4 is 11.9 Å². The molecule has 0 bridgehead atoms. The monoisotopic (exact) mass is 325 g/mol. The number of benzene rings is 1. The molecule has 0 aliphatic rings. The number of anilines is 1. The maximum atomic E-state index is 12.3. The fraction of sp³-hybridized carbons (Fsp3) is 0.294. The van der Waals surface area contributed by atoms with Gasteiger partial charge in [0.1, 0.15) is 0 Å². The Kier molecular flexibility index (Phi) is 4.16. The van der Waals surface area contributed by atoms with Gasteiger partial charge in [0.25, 0.3) is 5.91 Å². The topological polar surface area (TPSA) is 85.8 Å². The van der Waals surface area contributed by atoms with Gasteiger partial charge in [-0.15, -0.1) is 5.10 Å². The van der Waals surface area contributed by atoms with Gasteiger partial charge in [-0.25, -0.2) is 0 Å². The third kappa shape index (κ3) is 3.19. The zero-order valence-electron chi connectivity index (χ0n) is 14.1. The quantitative estimate of drug-likeness (QED) is 0.794. The van der Waals surface area contributed by atoms with Gasteiger partial charge in [0, 0.05) is 17.3 Å². The maximum absolute atomic E-state index is 12.3. The summed E-state index contributed by atoms with van der Waals surface area (Å²) in [6.45, 7) is 7.93. The molecule has 24 heavy (non-hydrogen) atoms. The van der Waals surface area contributed by atoms with E-state index < -0.39 is 0 Å². The van der Waals surface area contributed by atoms with Crippen LogP contribution >= 0.6 is 0 Å². The molecule has 0 saturated carbocycles. The second-order valence-corrected chi connectivity index (χ2v) is 5.94. The molecular weight excluding hydrogens is 306 g/mol. The van der Waals surface area contributed by atoms with Gasteiger partial charge in [0.05, 0.1) is 0 Å². The van der Waals surface area contributed by atoms with Gasteiger partial charge in [0.2, 0.25) is 5.89 Å². The second kappa shape index (κ2) is 6.27. The van der Waals surface area contributed by atoms with Gasteiger partial charge >= 0.3 is 6.01 Å². The molecule has 2 heterocycles. The average Bonchev–Trinajstić information content (AvgIpc) is 3.15. The number of hydrogen-bond acceptors (Lipinski definition) is 5. The molecule has 0 aliphatic heterocycles. The molecule has 0 fully saturated rings. The van der Waals surface area contributed by atoms with E-state index in [0.29, 0.717) is 11.6 Å². The largest absolute Gasteiger partial charge is 0.403 e. The zero-order valence-corrected chi connectivity index (χ0v) is 14.1. The van der Waals surface area contributed by atoms with Crippen molar-refractivity contribution in [1.29, 1.82) is 0 Å². The van der Waals surface area contributed by atoms with Gasteiger partial charge in [-0.3, -0.25) is 14.8 Å². The van der Waals surface area contributed by atoms with Crippen molar-refractivity contribution in [1.82, 2.24) is 20.0 Å². The van der Waals surface area contributed by atoms with Gasteiger partial charge in [-0.05, 0) is 45.9 Å². The summed E-state index contributed by atoms with van der Waals surface area (Å²) in [7, 11) is 0. The molecule has 0 unspecified atom stereocenters. The molecule has 3 rings (SSSR count). The van der Waals surface area contributed by atoms with E-state index in [4.69, 9.17) is 4.42 Å². The molecule has 0 atom stereocenters. The fourth-order valence-electron chi connectivity index (χ4n) is 2.37. The summed E-state index contributed by atoms with van der Waals surface area (Å²) in [5.41, 5.74) is 3.17. The Bertz CT molecular complexity index is 861. The van der Waals surface area contributed by atoms with Crippen molar-refractivity contribution in [3.05, 3.63) is 47.3 Å². The molecule has 1 N–H and O–H groups in total. The van der Waals surface area contributed by atoms with E-state index in [-0.39, 0.29) is 18.0 Å². The molecule has 0 radical (unpaired) electrons. The van der Waals surface area contributed by atoms with Crippen molar-refractivity contribution in [3.8, 4) is 11.5 Å². The molecule has 7 nitrogen and oxygen atoms in total. The SMILES string of the molecule is Cc1ccc(-c2nnc(NC(=O)c3cc(C)n(C(C)C)n3)o2)cc1. The van der Waals surface area contributed by atoms with Gasteiger partial charge in [-0.2, -0.15) is 5.10 Å². The van der Waals surface area contributed by atoms with Crippen LogP contribution in [0, 0.1) is 13.8 Å². The Balaban J connectivity index is 1.76. The number of nitrogens with zero attached hydrogens (tertiary/aromatic N) is 4. The van der Waals surface area contributed by atoms with Crippen LogP contribution in [0.2, 0.25) is 0 Å². The van der Waals surface area contributed by atoms with Crippen LogP contribution in [0.3, 0.4) is 0 Å². The molecule has 2 aromatic heterocycles. The van der Waals surface area contributed by atoms with Crippen molar-refractivity contribution in [2.24, 2.45) is 0 Å². The molecule has 1 aromatic carbocycles. The molecule has 3 aromatic rings. The Morgan fingerprint density at radius 2 is 1.88 bits per heavy atom. The maximum Gasteiger partial charge on any atom is 0.322 e. The highest BCUT2D eigenvalue weighted by Gasteiger charge is 2.17. The van der Waals surface area contributed by atoms with E-state index in [1.54, 1.807) is 10.7 Å². The lowest BCUT2D eigenvalue weighted by Gasteiger charge is -2.06. The summed E-state index contributed by atoms with van der Waals surface area (Å²) in [6, 6.07) is 9.66. The van der Waals surface area contributed by atoms with Crippen LogP contribution in [0.25, 0.3) is 11.5 Å². The van der Waals surface area contributed by atoms with E-state index in [9.17, 15) is 4.79 Å². The molecular formula is C17H19N5O2. The Morgan fingerprint density at radius 1 is 1.17 bits per heavy atom. The minimum Gasteiger partial charge on any atom is -0.403 e. The summed E-state index contributed by atoms with van der Waals surface area (Å²) < 4.78 is 7.29. The summed E-state index contributed by atoms with van der Waals surface area (Å²) in [4.78, 5) is 12.3. The Labute approximate surface area is 139 Å². The van der Waals surface area contributed by atoms with Crippen molar-refractivity contribution in [2.45, 2.75) is 33.7 Å². The van der Waals surface area contributed by atoms with Crippen LogP contribution in [-0.2, 0) is 0 Å². The minimum absolute atomic E-state index is 0.0484. The first-order valence-corrected chi connectivity index (χ1v) is 7.72. The number of nitrogens with one attached hydrogen (secondary N) is 1. The van der Waals surface area contributed by atoms with E-state index in [2.05, 4.69) is 20.6 Å². The lowest BCUT2D eigenvalue weighted by Crippen LogP contribution is -2.14. The van der Waals surface area contributed by atoms with Crippen LogP contribution in [0.5, 0.6) is 0 Å². The highest BCUT2D eigenvalue weighted by molar-refractivity contribution is 6.01. The van der Waals surface area contributed by atoms with Crippen LogP contribution < -0.4 is 5.32 Å². The number of aromatic nitrogens is 4. The Morgan fingerprint density at radius 3 is 2.50 bits per heavy atom. The van der Waals surface area contributed by atoms with E-state index >= 15 is 0 Å². The van der Waals surface area contributed by atoms with Crippen LogP contribution in [0.15, 0.2) is 34.7 Å². The summed E-state index contributed by atoms with van der Waals surface area (Å²) in [5, 5.41) is 14.7. The molecule has 7 heteroatoms. The van der Waals surface area contributed by atoms with E-state index in [1.807, 2.05) is 52.0 Å². The molecule has 1 amide bonds. The Hall–Kier alpha value is -2.96. The number of amides is 1. The van der Waals surface area contributed by atoms with Gasteiger partial charge in [-0.1, -0.05) is 22.8 Å². The lowest BCUT2D eigenvalue weighted by atomic mass is 10.1. The normalized spacial score (nSPS) is 11.0. The third-order valence-electron chi connectivity index (χ3n) is 3.59. The predicted octanol–water partition coefficient (Wildman–Crippen LogP) is 3.38. The molecule has 124 valence electrons. The highest BCUT2D eigenvalue weighted by atomic mass is 16.4. The summed E-state index contributed by atoms with van der Waals surface area (Å²) in [5.74, 6) is -0.0224. The smallest absolute Gasteiger partial charge is 0.322 e. The third-order valence-corrected chi connectivity index (χ3v) is 3.59. The van der Waals surface area contributed by atoms with Gasteiger partial charge in [0.15, 0.2) is 5.69 Å². The van der Waals surface area contributed by atoms with Crippen molar-refractivity contribution in [3.63, 3.8) is 0 Å². The first kappa shape index (κ1) is 15.9. The van der Waals surface area contributed by atoms with E-state index in [0.717, 1.165) is 16.8 Å². The number of rotatable bonds is 4. The minimum atomic E-state index is -0.378. The number of aryl methyl sites for hydroxylation is 2. The zero-order chi connectivity index (χ0) is 17.3. The first-order valence-electron chi connectivity index (χ1n) is 7.72. The highest BCUT2D eigenvalue weighted by Crippen LogP contribution is 2.20. The molecule has 0 spiro atoms.